The van der Waals surface area contributed by atoms with Crippen LogP contribution in [0.25, 0.3) is 0 Å². The summed E-state index contributed by atoms with van der Waals surface area (Å²) < 4.78 is 0. The summed E-state index contributed by atoms with van der Waals surface area (Å²) >= 11 is 0. The Morgan fingerprint density at radius 2 is 1.78 bits per heavy atom. The van der Waals surface area contributed by atoms with E-state index in [4.69, 9.17) is 0 Å². The molecule has 1 atom stereocenters. The van der Waals surface area contributed by atoms with Crippen LogP contribution in [0.5, 0.6) is 0 Å². The summed E-state index contributed by atoms with van der Waals surface area (Å²) in [5.74, 6) is 0.0229. The number of carbonyl (C=O) groups excluding carboxylic acids is 2. The summed E-state index contributed by atoms with van der Waals surface area (Å²) in [4.78, 5) is 31.1. The summed E-state index contributed by atoms with van der Waals surface area (Å²) in [6.45, 7) is 0.540. The Balaban J connectivity index is 1.62. The van der Waals surface area contributed by atoms with Gasteiger partial charge in [-0.25, -0.2) is 0 Å². The minimum Gasteiger partial charge on any atom is -0.350 e. The van der Waals surface area contributed by atoms with Gasteiger partial charge in [-0.1, -0.05) is 43.2 Å². The second kappa shape index (κ2) is 9.31. The second-order valence-electron chi connectivity index (χ2n) is 7.26. The van der Waals surface area contributed by atoms with E-state index in [9.17, 15) is 9.59 Å². The van der Waals surface area contributed by atoms with Gasteiger partial charge in [0.15, 0.2) is 0 Å². The number of nitrogens with zero attached hydrogens (tertiary/aromatic N) is 2. The summed E-state index contributed by atoms with van der Waals surface area (Å²) in [7, 11) is 1.72. The molecule has 5 nitrogen and oxygen atoms in total. The molecule has 1 aromatic carbocycles. The van der Waals surface area contributed by atoms with Crippen LogP contribution in [0.15, 0.2) is 54.9 Å². The van der Waals surface area contributed by atoms with Crippen molar-refractivity contribution in [1.29, 1.82) is 0 Å². The number of nitrogens with one attached hydrogen (secondary N) is 1. The zero-order valence-electron chi connectivity index (χ0n) is 15.8. The molecule has 1 unspecified atom stereocenters. The van der Waals surface area contributed by atoms with Crippen LogP contribution in [0, 0.1) is 5.92 Å². The van der Waals surface area contributed by atoms with Crippen LogP contribution >= 0.6 is 0 Å². The summed E-state index contributed by atoms with van der Waals surface area (Å²) in [5.41, 5.74) is 2.04. The molecule has 142 valence electrons. The highest BCUT2D eigenvalue weighted by Crippen LogP contribution is 2.38. The number of amides is 2. The van der Waals surface area contributed by atoms with Crippen molar-refractivity contribution in [2.45, 2.75) is 38.1 Å². The van der Waals surface area contributed by atoms with E-state index in [1.807, 2.05) is 42.5 Å². The average Bonchev–Trinajstić information content (AvgIpc) is 3.22. The number of benzene rings is 1. The Bertz CT molecular complexity index is 743. The maximum Gasteiger partial charge on any atom is 0.239 e. The largest absolute Gasteiger partial charge is 0.350 e. The van der Waals surface area contributed by atoms with Gasteiger partial charge in [0, 0.05) is 26.0 Å². The van der Waals surface area contributed by atoms with Crippen molar-refractivity contribution in [1.82, 2.24) is 15.2 Å². The first kappa shape index (κ1) is 19.1. The monoisotopic (exact) mass is 365 g/mol. The fraction of sp³-hybridized carbons (Fsp3) is 0.409. The molecule has 2 amide bonds. The fourth-order valence-electron chi connectivity index (χ4n) is 3.86. The van der Waals surface area contributed by atoms with Crippen molar-refractivity contribution in [3.05, 3.63) is 66.0 Å². The number of aromatic nitrogens is 1. The Kier molecular flexibility index (Phi) is 6.58. The molecule has 0 radical (unpaired) electrons. The molecule has 1 aromatic heterocycles. The van der Waals surface area contributed by atoms with Crippen LogP contribution < -0.4 is 5.32 Å². The Labute approximate surface area is 160 Å². The lowest BCUT2D eigenvalue weighted by Crippen LogP contribution is -2.41. The zero-order valence-corrected chi connectivity index (χ0v) is 15.8. The van der Waals surface area contributed by atoms with Crippen molar-refractivity contribution in [3.63, 3.8) is 0 Å². The third-order valence-corrected chi connectivity index (χ3v) is 5.29. The van der Waals surface area contributed by atoms with E-state index < -0.39 is 0 Å². The van der Waals surface area contributed by atoms with Crippen molar-refractivity contribution < 1.29 is 9.59 Å². The van der Waals surface area contributed by atoms with Crippen LogP contribution in [0.2, 0.25) is 0 Å². The van der Waals surface area contributed by atoms with Crippen LogP contribution in [0.1, 0.15) is 42.7 Å². The maximum absolute atomic E-state index is 13.2. The van der Waals surface area contributed by atoms with E-state index in [1.165, 1.54) is 12.8 Å². The van der Waals surface area contributed by atoms with E-state index in [0.717, 1.165) is 24.0 Å². The summed E-state index contributed by atoms with van der Waals surface area (Å²) in [5, 5.41) is 2.89. The quantitative estimate of drug-likeness (QED) is 0.820. The molecule has 3 rings (SSSR count). The predicted octanol–water partition coefficient (Wildman–Crippen LogP) is 3.13. The second-order valence-corrected chi connectivity index (χ2v) is 7.26. The van der Waals surface area contributed by atoms with Gasteiger partial charge in [0.25, 0.3) is 0 Å². The zero-order chi connectivity index (χ0) is 19.1. The van der Waals surface area contributed by atoms with Crippen molar-refractivity contribution in [2.24, 2.45) is 5.92 Å². The third kappa shape index (κ3) is 5.16. The van der Waals surface area contributed by atoms with Crippen LogP contribution in [0.3, 0.4) is 0 Å². The lowest BCUT2D eigenvalue weighted by atomic mass is 9.84. The number of carbonyl (C=O) groups is 2. The fourth-order valence-corrected chi connectivity index (χ4v) is 3.86. The van der Waals surface area contributed by atoms with Crippen molar-refractivity contribution in [2.75, 3.05) is 13.6 Å². The topological polar surface area (TPSA) is 62.3 Å². The summed E-state index contributed by atoms with van der Waals surface area (Å²) in [6, 6.07) is 13.6. The first-order chi connectivity index (χ1) is 13.1. The van der Waals surface area contributed by atoms with Gasteiger partial charge in [-0.2, -0.15) is 0 Å². The SMILES string of the molecule is CN(CC(=O)NCc1ccccc1)C(=O)C(c1ccncc1)C1CCCC1. The molecule has 1 heterocycles. The van der Waals surface area contributed by atoms with Crippen LogP contribution in [-0.2, 0) is 16.1 Å². The maximum atomic E-state index is 13.2. The first-order valence-corrected chi connectivity index (χ1v) is 9.60. The lowest BCUT2D eigenvalue weighted by molar-refractivity contribution is -0.137. The van der Waals surface area contributed by atoms with Crippen LogP contribution in [-0.4, -0.2) is 35.3 Å². The van der Waals surface area contributed by atoms with Gasteiger partial charge in [0.2, 0.25) is 11.8 Å². The Morgan fingerprint density at radius 1 is 1.11 bits per heavy atom. The van der Waals surface area contributed by atoms with Gasteiger partial charge >= 0.3 is 0 Å². The van der Waals surface area contributed by atoms with Gasteiger partial charge < -0.3 is 10.2 Å². The molecular weight excluding hydrogens is 338 g/mol. The Morgan fingerprint density at radius 3 is 2.44 bits per heavy atom. The molecule has 0 aliphatic heterocycles. The first-order valence-electron chi connectivity index (χ1n) is 9.60. The van der Waals surface area contributed by atoms with Crippen molar-refractivity contribution >= 4 is 11.8 Å². The number of hydrogen-bond acceptors (Lipinski definition) is 3. The normalized spacial score (nSPS) is 15.3. The molecule has 0 spiro atoms. The molecule has 1 N–H and O–H groups in total. The molecule has 1 aliphatic carbocycles. The Hall–Kier alpha value is -2.69. The highest BCUT2D eigenvalue weighted by atomic mass is 16.2. The highest BCUT2D eigenvalue weighted by Gasteiger charge is 2.34. The highest BCUT2D eigenvalue weighted by molar-refractivity contribution is 5.88. The third-order valence-electron chi connectivity index (χ3n) is 5.29. The predicted molar refractivity (Wildman–Crippen MR) is 105 cm³/mol. The molecule has 27 heavy (non-hydrogen) atoms. The van der Waals surface area contributed by atoms with E-state index in [1.54, 1.807) is 24.3 Å². The van der Waals surface area contributed by atoms with E-state index in [0.29, 0.717) is 12.5 Å². The molecule has 5 heteroatoms. The number of hydrogen-bond donors (Lipinski definition) is 1. The van der Waals surface area contributed by atoms with E-state index >= 15 is 0 Å². The summed E-state index contributed by atoms with van der Waals surface area (Å²) in [6.07, 6.45) is 7.93. The van der Waals surface area contributed by atoms with Gasteiger partial charge in [-0.15, -0.1) is 0 Å². The minimum atomic E-state index is -0.192. The van der Waals surface area contributed by atoms with Crippen LogP contribution in [0.4, 0.5) is 0 Å². The molecule has 0 bridgehead atoms. The van der Waals surface area contributed by atoms with E-state index in [2.05, 4.69) is 10.3 Å². The van der Waals surface area contributed by atoms with Gasteiger partial charge in [-0.05, 0) is 42.0 Å². The lowest BCUT2D eigenvalue weighted by Gasteiger charge is -2.28. The standard InChI is InChI=1S/C22H27N3O2/c1-25(16-20(26)24-15-17-7-3-2-4-8-17)22(27)21(18-9-5-6-10-18)19-11-13-23-14-12-19/h2-4,7-8,11-14,18,21H,5-6,9-10,15-16H2,1H3,(H,24,26). The van der Waals surface area contributed by atoms with Gasteiger partial charge in [0.1, 0.15) is 0 Å². The number of likely N-dealkylation sites (N-methyl/N-ethyl adjacent to an activating group) is 1. The molecule has 1 fully saturated rings. The average molecular weight is 365 g/mol. The van der Waals surface area contributed by atoms with E-state index in [-0.39, 0.29) is 24.3 Å². The molecule has 1 aliphatic rings. The molecule has 1 saturated carbocycles. The minimum absolute atomic E-state index is 0.0166. The smallest absolute Gasteiger partial charge is 0.239 e. The molecule has 0 saturated heterocycles. The van der Waals surface area contributed by atoms with Gasteiger partial charge in [-0.3, -0.25) is 14.6 Å². The molecular formula is C22H27N3O2. The number of rotatable bonds is 7. The molecule has 2 aromatic rings. The van der Waals surface area contributed by atoms with Crippen molar-refractivity contribution in [3.8, 4) is 0 Å². The van der Waals surface area contributed by atoms with Gasteiger partial charge in [0.05, 0.1) is 12.5 Å². The number of pyridine rings is 1.